The molecule has 0 aliphatic rings. The number of nitrogens with zero attached hydrogens (tertiary/aromatic N) is 2. The molecule has 6 heteroatoms. The lowest BCUT2D eigenvalue weighted by Crippen LogP contribution is -2.08. The number of aryl methyl sites for hydroxylation is 2. The molecule has 0 fully saturated rings. The predicted molar refractivity (Wildman–Crippen MR) is 65.7 cm³/mol. The summed E-state index contributed by atoms with van der Waals surface area (Å²) in [5.74, 6) is 2.61. The summed E-state index contributed by atoms with van der Waals surface area (Å²) in [6, 6.07) is 3.91. The van der Waals surface area contributed by atoms with Crippen molar-refractivity contribution < 1.29 is 4.42 Å². The van der Waals surface area contributed by atoms with Gasteiger partial charge in [0.15, 0.2) is 4.34 Å². The van der Waals surface area contributed by atoms with E-state index in [-0.39, 0.29) is 5.25 Å². The first-order valence-electron chi connectivity index (χ1n) is 4.92. The van der Waals surface area contributed by atoms with Crippen LogP contribution < -0.4 is 5.73 Å². The molecule has 1 unspecified atom stereocenters. The second-order valence-corrected chi connectivity index (χ2v) is 5.60. The molecule has 0 aliphatic heterocycles. The Morgan fingerprint density at radius 2 is 2.31 bits per heavy atom. The summed E-state index contributed by atoms with van der Waals surface area (Å²) in [5.41, 5.74) is 5.74. The third-order valence-corrected chi connectivity index (χ3v) is 4.16. The average molecular weight is 255 g/mol. The van der Waals surface area contributed by atoms with E-state index < -0.39 is 0 Å². The molecule has 2 heterocycles. The molecule has 2 aromatic heterocycles. The van der Waals surface area contributed by atoms with E-state index in [2.05, 4.69) is 9.36 Å². The van der Waals surface area contributed by atoms with Crippen molar-refractivity contribution in [2.45, 2.75) is 23.4 Å². The van der Waals surface area contributed by atoms with E-state index in [1.807, 2.05) is 26.0 Å². The lowest BCUT2D eigenvalue weighted by Gasteiger charge is -2.08. The predicted octanol–water partition coefficient (Wildman–Crippen LogP) is 2.54. The molecule has 0 saturated carbocycles. The smallest absolute Gasteiger partial charge is 0.170 e. The zero-order valence-electron chi connectivity index (χ0n) is 9.14. The SMILES string of the molecule is Cc1nsc(SC(CN)c2ccc(C)o2)n1. The van der Waals surface area contributed by atoms with Gasteiger partial charge in [-0.05, 0) is 37.5 Å². The van der Waals surface area contributed by atoms with Crippen molar-refractivity contribution in [3.63, 3.8) is 0 Å². The summed E-state index contributed by atoms with van der Waals surface area (Å²) in [4.78, 5) is 4.30. The van der Waals surface area contributed by atoms with Crippen LogP contribution in [0, 0.1) is 13.8 Å². The number of hydrogen-bond donors (Lipinski definition) is 1. The third-order valence-electron chi connectivity index (χ3n) is 2.04. The Morgan fingerprint density at radius 1 is 1.50 bits per heavy atom. The van der Waals surface area contributed by atoms with Gasteiger partial charge in [0.05, 0.1) is 5.25 Å². The summed E-state index contributed by atoms with van der Waals surface area (Å²) in [6.45, 7) is 4.34. The zero-order chi connectivity index (χ0) is 11.5. The summed E-state index contributed by atoms with van der Waals surface area (Å²) >= 11 is 3.00. The number of aromatic nitrogens is 2. The summed E-state index contributed by atoms with van der Waals surface area (Å²) in [5, 5.41) is 0.112. The van der Waals surface area contributed by atoms with Crippen molar-refractivity contribution in [3.05, 3.63) is 29.5 Å². The van der Waals surface area contributed by atoms with Gasteiger partial charge in [-0.15, -0.1) is 0 Å². The topological polar surface area (TPSA) is 64.9 Å². The molecular weight excluding hydrogens is 242 g/mol. The maximum Gasteiger partial charge on any atom is 0.170 e. The lowest BCUT2D eigenvalue weighted by molar-refractivity contribution is 0.481. The Morgan fingerprint density at radius 3 is 2.81 bits per heavy atom. The van der Waals surface area contributed by atoms with Gasteiger partial charge in [-0.1, -0.05) is 11.8 Å². The molecule has 0 aromatic carbocycles. The van der Waals surface area contributed by atoms with E-state index in [9.17, 15) is 0 Å². The second kappa shape index (κ2) is 4.99. The molecular formula is C10H13N3OS2. The zero-order valence-corrected chi connectivity index (χ0v) is 10.8. The highest BCUT2D eigenvalue weighted by Gasteiger charge is 2.17. The first kappa shape index (κ1) is 11.6. The highest BCUT2D eigenvalue weighted by atomic mass is 32.2. The fourth-order valence-electron chi connectivity index (χ4n) is 1.30. The first-order chi connectivity index (χ1) is 7.69. The monoisotopic (exact) mass is 255 g/mol. The fraction of sp³-hybridized carbons (Fsp3) is 0.400. The highest BCUT2D eigenvalue weighted by molar-refractivity contribution is 8.01. The number of rotatable bonds is 4. The van der Waals surface area contributed by atoms with Crippen LogP contribution in [0.3, 0.4) is 0 Å². The van der Waals surface area contributed by atoms with Crippen molar-refractivity contribution in [1.29, 1.82) is 0 Å². The summed E-state index contributed by atoms with van der Waals surface area (Å²) < 4.78 is 10.6. The Kier molecular flexibility index (Phi) is 3.63. The van der Waals surface area contributed by atoms with Crippen molar-refractivity contribution >= 4 is 23.3 Å². The van der Waals surface area contributed by atoms with Crippen LogP contribution in [0.15, 0.2) is 20.9 Å². The van der Waals surface area contributed by atoms with Gasteiger partial charge in [0.1, 0.15) is 17.3 Å². The Labute approximate surface area is 102 Å². The van der Waals surface area contributed by atoms with Crippen LogP contribution in [0.4, 0.5) is 0 Å². The van der Waals surface area contributed by atoms with Gasteiger partial charge in [0.25, 0.3) is 0 Å². The van der Waals surface area contributed by atoms with Crippen molar-refractivity contribution in [1.82, 2.24) is 9.36 Å². The van der Waals surface area contributed by atoms with Crippen LogP contribution in [0.1, 0.15) is 22.6 Å². The van der Waals surface area contributed by atoms with E-state index in [1.165, 1.54) is 11.5 Å². The van der Waals surface area contributed by atoms with Crippen LogP contribution in [-0.2, 0) is 0 Å². The van der Waals surface area contributed by atoms with E-state index in [1.54, 1.807) is 11.8 Å². The maximum absolute atomic E-state index is 5.74. The van der Waals surface area contributed by atoms with Crippen LogP contribution in [0.2, 0.25) is 0 Å². The van der Waals surface area contributed by atoms with Crippen LogP contribution >= 0.6 is 23.3 Å². The van der Waals surface area contributed by atoms with Crippen LogP contribution in [0.5, 0.6) is 0 Å². The van der Waals surface area contributed by atoms with Crippen molar-refractivity contribution in [2.24, 2.45) is 5.73 Å². The first-order valence-corrected chi connectivity index (χ1v) is 6.57. The van der Waals surface area contributed by atoms with Gasteiger partial charge in [0.2, 0.25) is 0 Å². The maximum atomic E-state index is 5.74. The average Bonchev–Trinajstić information content (AvgIpc) is 2.84. The van der Waals surface area contributed by atoms with E-state index in [4.69, 9.17) is 10.2 Å². The molecule has 4 nitrogen and oxygen atoms in total. The molecule has 0 saturated heterocycles. The van der Waals surface area contributed by atoms with Gasteiger partial charge in [0, 0.05) is 6.54 Å². The number of hydrogen-bond acceptors (Lipinski definition) is 6. The molecule has 0 aliphatic carbocycles. The molecule has 2 rings (SSSR count). The van der Waals surface area contributed by atoms with Crippen molar-refractivity contribution in [2.75, 3.05) is 6.54 Å². The lowest BCUT2D eigenvalue weighted by atomic mass is 10.3. The summed E-state index contributed by atoms with van der Waals surface area (Å²) in [7, 11) is 0. The second-order valence-electron chi connectivity index (χ2n) is 3.40. The molecule has 2 N–H and O–H groups in total. The molecule has 16 heavy (non-hydrogen) atoms. The van der Waals surface area contributed by atoms with Gasteiger partial charge in [-0.25, -0.2) is 4.98 Å². The minimum absolute atomic E-state index is 0.112. The number of furan rings is 1. The van der Waals surface area contributed by atoms with Gasteiger partial charge in [-0.3, -0.25) is 0 Å². The largest absolute Gasteiger partial charge is 0.465 e. The molecule has 0 radical (unpaired) electrons. The minimum Gasteiger partial charge on any atom is -0.465 e. The molecule has 0 bridgehead atoms. The van der Waals surface area contributed by atoms with Gasteiger partial charge >= 0.3 is 0 Å². The van der Waals surface area contributed by atoms with Crippen molar-refractivity contribution in [3.8, 4) is 0 Å². The summed E-state index contributed by atoms with van der Waals surface area (Å²) in [6.07, 6.45) is 0. The van der Waals surface area contributed by atoms with E-state index in [0.29, 0.717) is 6.54 Å². The number of thioether (sulfide) groups is 1. The fourth-order valence-corrected chi connectivity index (χ4v) is 3.12. The van der Waals surface area contributed by atoms with E-state index in [0.717, 1.165) is 21.7 Å². The standard InChI is InChI=1S/C10H13N3OS2/c1-6-3-4-8(14-6)9(5-11)15-10-12-7(2)13-16-10/h3-4,9H,5,11H2,1-2H3. The van der Waals surface area contributed by atoms with Crippen LogP contribution in [-0.4, -0.2) is 15.9 Å². The normalized spacial score (nSPS) is 12.9. The third kappa shape index (κ3) is 2.63. The highest BCUT2D eigenvalue weighted by Crippen LogP contribution is 2.35. The van der Waals surface area contributed by atoms with E-state index >= 15 is 0 Å². The number of nitrogens with two attached hydrogens (primary N) is 1. The van der Waals surface area contributed by atoms with Crippen LogP contribution in [0.25, 0.3) is 0 Å². The van der Waals surface area contributed by atoms with Gasteiger partial charge in [-0.2, -0.15) is 4.37 Å². The molecule has 1 atom stereocenters. The Balaban J connectivity index is 2.12. The molecule has 0 spiro atoms. The molecule has 0 amide bonds. The molecule has 86 valence electrons. The van der Waals surface area contributed by atoms with Gasteiger partial charge < -0.3 is 10.2 Å². The quantitative estimate of drug-likeness (QED) is 0.850. The Hall–Kier alpha value is -0.850. The molecule has 2 aromatic rings. The Bertz CT molecular complexity index is 466. The minimum atomic E-state index is 0.112.